The van der Waals surface area contributed by atoms with Crippen LogP contribution in [-0.4, -0.2) is 22.8 Å². The first-order chi connectivity index (χ1) is 7.83. The topological polar surface area (TPSA) is 20.3 Å². The summed E-state index contributed by atoms with van der Waals surface area (Å²) in [4.78, 5) is 15.4. The molecule has 2 fully saturated rings. The molecule has 0 aromatic carbocycles. The average molecular weight is 235 g/mol. The van der Waals surface area contributed by atoms with Crippen LogP contribution >= 0.6 is 11.3 Å². The van der Waals surface area contributed by atoms with Crippen molar-refractivity contribution in [2.75, 3.05) is 0 Å². The highest BCUT2D eigenvalue weighted by molar-refractivity contribution is 7.09. The Morgan fingerprint density at radius 2 is 2.19 bits per heavy atom. The molecule has 2 aliphatic carbocycles. The summed E-state index contributed by atoms with van der Waals surface area (Å²) >= 11 is 1.83. The third kappa shape index (κ3) is 2.20. The van der Waals surface area contributed by atoms with Crippen molar-refractivity contribution in [3.8, 4) is 0 Å². The van der Waals surface area contributed by atoms with E-state index in [0.717, 1.165) is 31.8 Å². The molecule has 2 aliphatic rings. The second-order valence-corrected chi connectivity index (χ2v) is 5.95. The third-order valence-electron chi connectivity index (χ3n) is 3.62. The van der Waals surface area contributed by atoms with Crippen molar-refractivity contribution in [2.24, 2.45) is 0 Å². The van der Waals surface area contributed by atoms with E-state index in [1.807, 2.05) is 11.3 Å². The summed E-state index contributed by atoms with van der Waals surface area (Å²) in [6, 6.07) is 5.61. The van der Waals surface area contributed by atoms with Gasteiger partial charge in [0, 0.05) is 36.3 Å². The smallest absolute Gasteiger partial charge is 0.134 e. The van der Waals surface area contributed by atoms with Crippen molar-refractivity contribution in [1.82, 2.24) is 4.90 Å². The lowest BCUT2D eigenvalue weighted by atomic mass is 10.2. The van der Waals surface area contributed by atoms with E-state index in [9.17, 15) is 4.79 Å². The zero-order valence-electron chi connectivity index (χ0n) is 9.39. The van der Waals surface area contributed by atoms with Gasteiger partial charge in [-0.3, -0.25) is 9.69 Å². The monoisotopic (exact) mass is 235 g/mol. The fourth-order valence-electron chi connectivity index (χ4n) is 2.62. The summed E-state index contributed by atoms with van der Waals surface area (Å²) in [5, 5.41) is 2.14. The number of hydrogen-bond donors (Lipinski definition) is 0. The molecule has 1 heterocycles. The molecular formula is C13H17NOS. The molecule has 0 aliphatic heterocycles. The molecule has 0 radical (unpaired) electrons. The van der Waals surface area contributed by atoms with Gasteiger partial charge in [0.25, 0.3) is 0 Å². The first-order valence-electron chi connectivity index (χ1n) is 6.13. The molecule has 86 valence electrons. The molecule has 1 aromatic heterocycles. The normalized spacial score (nSPS) is 25.6. The first kappa shape index (κ1) is 10.5. The Morgan fingerprint density at radius 3 is 2.75 bits per heavy atom. The van der Waals surface area contributed by atoms with Crippen molar-refractivity contribution >= 4 is 17.1 Å². The van der Waals surface area contributed by atoms with Gasteiger partial charge in [-0.15, -0.1) is 11.3 Å². The number of Topliss-reactive ketones (excluding diaryl/α,β-unsaturated/α-hetero) is 1. The minimum Gasteiger partial charge on any atom is -0.300 e. The predicted octanol–water partition coefficient (Wildman–Crippen LogP) is 2.83. The number of thiophene rings is 1. The summed E-state index contributed by atoms with van der Waals surface area (Å²) in [6.07, 6.45) is 5.34. The maximum Gasteiger partial charge on any atom is 0.134 e. The Labute approximate surface area is 100 Å². The summed E-state index contributed by atoms with van der Waals surface area (Å²) in [5.41, 5.74) is 0. The van der Waals surface area contributed by atoms with Gasteiger partial charge in [-0.05, 0) is 30.7 Å². The van der Waals surface area contributed by atoms with E-state index in [0.29, 0.717) is 11.8 Å². The molecule has 16 heavy (non-hydrogen) atoms. The molecule has 0 spiro atoms. The molecule has 1 unspecified atom stereocenters. The van der Waals surface area contributed by atoms with Crippen LogP contribution in [0, 0.1) is 0 Å². The zero-order valence-corrected chi connectivity index (χ0v) is 10.2. The lowest BCUT2D eigenvalue weighted by Crippen LogP contribution is -2.34. The second-order valence-electron chi connectivity index (χ2n) is 4.92. The van der Waals surface area contributed by atoms with Crippen molar-refractivity contribution in [1.29, 1.82) is 0 Å². The molecule has 2 saturated carbocycles. The van der Waals surface area contributed by atoms with E-state index in [4.69, 9.17) is 0 Å². The van der Waals surface area contributed by atoms with Crippen molar-refractivity contribution in [3.63, 3.8) is 0 Å². The molecule has 3 rings (SSSR count). The van der Waals surface area contributed by atoms with Gasteiger partial charge in [0.05, 0.1) is 0 Å². The van der Waals surface area contributed by atoms with Crippen LogP contribution in [-0.2, 0) is 11.3 Å². The Bertz CT molecular complexity index is 369. The highest BCUT2D eigenvalue weighted by Gasteiger charge is 2.37. The van der Waals surface area contributed by atoms with Crippen LogP contribution in [0.5, 0.6) is 0 Å². The number of nitrogens with zero attached hydrogens (tertiary/aromatic N) is 1. The summed E-state index contributed by atoms with van der Waals surface area (Å²) < 4.78 is 0. The number of rotatable bonds is 4. The van der Waals surface area contributed by atoms with Gasteiger partial charge < -0.3 is 0 Å². The van der Waals surface area contributed by atoms with Crippen LogP contribution < -0.4 is 0 Å². The largest absolute Gasteiger partial charge is 0.300 e. The number of ketones is 1. The molecule has 0 amide bonds. The molecule has 2 nitrogen and oxygen atoms in total. The summed E-state index contributed by atoms with van der Waals surface area (Å²) in [7, 11) is 0. The molecular weight excluding hydrogens is 218 g/mol. The van der Waals surface area contributed by atoms with E-state index in [1.165, 1.54) is 17.7 Å². The fraction of sp³-hybridized carbons (Fsp3) is 0.615. The Hall–Kier alpha value is -0.670. The first-order valence-corrected chi connectivity index (χ1v) is 7.01. The Morgan fingerprint density at radius 1 is 1.31 bits per heavy atom. The molecule has 1 aromatic rings. The molecule has 1 atom stereocenters. The van der Waals surface area contributed by atoms with E-state index in [1.54, 1.807) is 0 Å². The van der Waals surface area contributed by atoms with E-state index in [-0.39, 0.29) is 0 Å². The van der Waals surface area contributed by atoms with Gasteiger partial charge in [0.15, 0.2) is 0 Å². The highest BCUT2D eigenvalue weighted by atomic mass is 32.1. The number of hydrogen-bond acceptors (Lipinski definition) is 3. The number of carbonyl (C=O) groups excluding carboxylic acids is 1. The SMILES string of the molecule is O=C1CCC(N(Cc2cccs2)C2CC2)C1. The van der Waals surface area contributed by atoms with Crippen molar-refractivity contribution < 1.29 is 4.79 Å². The molecule has 3 heteroatoms. The summed E-state index contributed by atoms with van der Waals surface area (Å²) in [6.45, 7) is 1.06. The molecule has 0 N–H and O–H groups in total. The van der Waals surface area contributed by atoms with Crippen LogP contribution in [0.4, 0.5) is 0 Å². The Balaban J connectivity index is 1.69. The van der Waals surface area contributed by atoms with Gasteiger partial charge in [0.2, 0.25) is 0 Å². The van der Waals surface area contributed by atoms with Gasteiger partial charge in [-0.1, -0.05) is 6.07 Å². The van der Waals surface area contributed by atoms with E-state index >= 15 is 0 Å². The lowest BCUT2D eigenvalue weighted by Gasteiger charge is -2.27. The number of carbonyl (C=O) groups is 1. The second kappa shape index (κ2) is 4.30. The quantitative estimate of drug-likeness (QED) is 0.800. The molecule has 0 bridgehead atoms. The maximum atomic E-state index is 11.4. The minimum absolute atomic E-state index is 0.460. The van der Waals surface area contributed by atoms with Crippen LogP contribution in [0.25, 0.3) is 0 Å². The van der Waals surface area contributed by atoms with Crippen LogP contribution in [0.2, 0.25) is 0 Å². The Kier molecular flexibility index (Phi) is 2.82. The predicted molar refractivity (Wildman–Crippen MR) is 65.5 cm³/mol. The standard InChI is InChI=1S/C13H17NOS/c15-12-6-5-11(8-12)14(10-3-4-10)9-13-2-1-7-16-13/h1-2,7,10-11H,3-6,8-9H2. The van der Waals surface area contributed by atoms with E-state index in [2.05, 4.69) is 22.4 Å². The lowest BCUT2D eigenvalue weighted by molar-refractivity contribution is -0.117. The molecule has 0 saturated heterocycles. The summed E-state index contributed by atoms with van der Waals surface area (Å²) in [5.74, 6) is 0.460. The van der Waals surface area contributed by atoms with Crippen molar-refractivity contribution in [3.05, 3.63) is 22.4 Å². The fourth-order valence-corrected chi connectivity index (χ4v) is 3.34. The van der Waals surface area contributed by atoms with Gasteiger partial charge in [-0.25, -0.2) is 0 Å². The van der Waals surface area contributed by atoms with Gasteiger partial charge >= 0.3 is 0 Å². The zero-order chi connectivity index (χ0) is 11.0. The average Bonchev–Trinajstić information content (AvgIpc) is 2.81. The van der Waals surface area contributed by atoms with Crippen LogP contribution in [0.15, 0.2) is 17.5 Å². The van der Waals surface area contributed by atoms with Gasteiger partial charge in [-0.2, -0.15) is 0 Å². The van der Waals surface area contributed by atoms with E-state index < -0.39 is 0 Å². The van der Waals surface area contributed by atoms with Crippen LogP contribution in [0.3, 0.4) is 0 Å². The maximum absolute atomic E-state index is 11.4. The highest BCUT2D eigenvalue weighted by Crippen LogP contribution is 2.35. The van der Waals surface area contributed by atoms with Crippen LogP contribution in [0.1, 0.15) is 37.0 Å². The van der Waals surface area contributed by atoms with Crippen molar-refractivity contribution in [2.45, 2.75) is 50.7 Å². The minimum atomic E-state index is 0.460. The van der Waals surface area contributed by atoms with Gasteiger partial charge in [0.1, 0.15) is 5.78 Å². The third-order valence-corrected chi connectivity index (χ3v) is 4.48.